The standard InChI is InChI=1S/C13H19NO4/c1-2-14-8-11(15)9-18-12-5-3-10(4-6-12)7-13(16)17/h3-6,11,14-15H,2,7-9H2,1H3,(H,16,17). The predicted molar refractivity (Wildman–Crippen MR) is 67.8 cm³/mol. The average molecular weight is 253 g/mol. The number of aliphatic carboxylic acids is 1. The zero-order valence-corrected chi connectivity index (χ0v) is 10.4. The van der Waals surface area contributed by atoms with E-state index < -0.39 is 12.1 Å². The molecule has 0 aromatic heterocycles. The molecule has 1 rings (SSSR count). The van der Waals surface area contributed by atoms with Crippen molar-refractivity contribution < 1.29 is 19.7 Å². The van der Waals surface area contributed by atoms with Gasteiger partial charge in [0.15, 0.2) is 0 Å². The predicted octanol–water partition coefficient (Wildman–Crippen LogP) is 0.663. The van der Waals surface area contributed by atoms with Crippen LogP contribution in [-0.2, 0) is 11.2 Å². The number of hydrogen-bond donors (Lipinski definition) is 3. The van der Waals surface area contributed by atoms with Gasteiger partial charge in [-0.25, -0.2) is 0 Å². The van der Waals surface area contributed by atoms with Crippen molar-refractivity contribution in [1.82, 2.24) is 5.32 Å². The van der Waals surface area contributed by atoms with Gasteiger partial charge in [0.25, 0.3) is 0 Å². The van der Waals surface area contributed by atoms with Crippen molar-refractivity contribution >= 4 is 5.97 Å². The summed E-state index contributed by atoms with van der Waals surface area (Å²) in [6.07, 6.45) is -0.549. The lowest BCUT2D eigenvalue weighted by molar-refractivity contribution is -0.136. The van der Waals surface area contributed by atoms with Gasteiger partial charge in [-0.2, -0.15) is 0 Å². The van der Waals surface area contributed by atoms with Crippen LogP contribution in [0.1, 0.15) is 12.5 Å². The van der Waals surface area contributed by atoms with Crippen molar-refractivity contribution in [2.24, 2.45) is 0 Å². The molecule has 0 saturated carbocycles. The Bertz CT molecular complexity index is 364. The molecule has 0 aliphatic rings. The molecule has 5 nitrogen and oxygen atoms in total. The second-order valence-electron chi connectivity index (χ2n) is 3.99. The van der Waals surface area contributed by atoms with Crippen LogP contribution in [0.2, 0.25) is 0 Å². The summed E-state index contributed by atoms with van der Waals surface area (Å²) >= 11 is 0. The van der Waals surface area contributed by atoms with Gasteiger partial charge in [-0.05, 0) is 24.2 Å². The highest BCUT2D eigenvalue weighted by Crippen LogP contribution is 2.12. The lowest BCUT2D eigenvalue weighted by atomic mass is 10.1. The molecule has 1 aromatic rings. The minimum absolute atomic E-state index is 0.00330. The monoisotopic (exact) mass is 253 g/mol. The minimum Gasteiger partial charge on any atom is -0.491 e. The van der Waals surface area contributed by atoms with Crippen LogP contribution in [0.4, 0.5) is 0 Å². The highest BCUT2D eigenvalue weighted by molar-refractivity contribution is 5.70. The Hall–Kier alpha value is -1.59. The molecule has 0 radical (unpaired) electrons. The van der Waals surface area contributed by atoms with Gasteiger partial charge in [-0.15, -0.1) is 0 Å². The molecule has 0 bridgehead atoms. The summed E-state index contributed by atoms with van der Waals surface area (Å²) < 4.78 is 5.39. The van der Waals surface area contributed by atoms with Crippen LogP contribution in [0.25, 0.3) is 0 Å². The van der Waals surface area contributed by atoms with E-state index in [0.29, 0.717) is 12.3 Å². The molecule has 0 saturated heterocycles. The zero-order chi connectivity index (χ0) is 13.4. The number of carboxylic acids is 1. The van der Waals surface area contributed by atoms with Crippen LogP contribution in [0.15, 0.2) is 24.3 Å². The summed E-state index contributed by atoms with van der Waals surface area (Å²) in [7, 11) is 0. The first kappa shape index (κ1) is 14.5. The molecule has 1 atom stereocenters. The van der Waals surface area contributed by atoms with E-state index in [-0.39, 0.29) is 13.0 Å². The normalized spacial score (nSPS) is 12.1. The Kier molecular flexibility index (Phi) is 6.18. The molecule has 3 N–H and O–H groups in total. The molecule has 1 unspecified atom stereocenters. The Labute approximate surface area is 106 Å². The smallest absolute Gasteiger partial charge is 0.307 e. The van der Waals surface area contributed by atoms with Crippen LogP contribution in [0.5, 0.6) is 5.75 Å². The van der Waals surface area contributed by atoms with Crippen LogP contribution in [0.3, 0.4) is 0 Å². The van der Waals surface area contributed by atoms with Crippen LogP contribution < -0.4 is 10.1 Å². The summed E-state index contributed by atoms with van der Waals surface area (Å²) in [5.41, 5.74) is 0.725. The first-order valence-electron chi connectivity index (χ1n) is 5.94. The van der Waals surface area contributed by atoms with E-state index in [2.05, 4.69) is 5.32 Å². The largest absolute Gasteiger partial charge is 0.491 e. The van der Waals surface area contributed by atoms with Crippen molar-refractivity contribution in [3.63, 3.8) is 0 Å². The van der Waals surface area contributed by atoms with Gasteiger partial charge in [0, 0.05) is 6.54 Å². The van der Waals surface area contributed by atoms with E-state index in [9.17, 15) is 9.90 Å². The van der Waals surface area contributed by atoms with Gasteiger partial charge in [-0.3, -0.25) is 4.79 Å². The molecule has 0 amide bonds. The molecule has 0 aliphatic carbocycles. The maximum atomic E-state index is 10.5. The molecule has 0 heterocycles. The Balaban J connectivity index is 2.36. The van der Waals surface area contributed by atoms with Crippen molar-refractivity contribution in [3.8, 4) is 5.75 Å². The second-order valence-corrected chi connectivity index (χ2v) is 3.99. The van der Waals surface area contributed by atoms with E-state index in [1.165, 1.54) is 0 Å². The average Bonchev–Trinajstić information content (AvgIpc) is 2.35. The van der Waals surface area contributed by atoms with Gasteiger partial charge < -0.3 is 20.3 Å². The first-order valence-corrected chi connectivity index (χ1v) is 5.94. The number of nitrogens with one attached hydrogen (secondary N) is 1. The van der Waals surface area contributed by atoms with Gasteiger partial charge in [0.1, 0.15) is 18.5 Å². The van der Waals surface area contributed by atoms with Gasteiger partial charge >= 0.3 is 5.97 Å². The molecule has 1 aromatic carbocycles. The fourth-order valence-electron chi connectivity index (χ4n) is 1.44. The lowest BCUT2D eigenvalue weighted by Crippen LogP contribution is -2.31. The Morgan fingerprint density at radius 2 is 2.06 bits per heavy atom. The lowest BCUT2D eigenvalue weighted by Gasteiger charge is -2.12. The molecule has 18 heavy (non-hydrogen) atoms. The third-order valence-corrected chi connectivity index (χ3v) is 2.35. The molecule has 0 aliphatic heterocycles. The first-order chi connectivity index (χ1) is 8.61. The number of aliphatic hydroxyl groups is 1. The molecule has 0 spiro atoms. The SMILES string of the molecule is CCNCC(O)COc1ccc(CC(=O)O)cc1. The number of aliphatic hydroxyl groups excluding tert-OH is 1. The van der Waals surface area contributed by atoms with Crippen molar-refractivity contribution in [2.45, 2.75) is 19.4 Å². The van der Waals surface area contributed by atoms with E-state index in [1.54, 1.807) is 24.3 Å². The quantitative estimate of drug-likeness (QED) is 0.634. The van der Waals surface area contributed by atoms with E-state index in [1.807, 2.05) is 6.92 Å². The summed E-state index contributed by atoms with van der Waals surface area (Å²) in [5.74, 6) is -0.232. The number of likely N-dealkylation sites (N-methyl/N-ethyl adjacent to an activating group) is 1. The van der Waals surface area contributed by atoms with Gasteiger partial charge in [0.2, 0.25) is 0 Å². The minimum atomic E-state index is -0.857. The summed E-state index contributed by atoms with van der Waals surface area (Å²) in [4.78, 5) is 10.5. The van der Waals surface area contributed by atoms with Crippen molar-refractivity contribution in [3.05, 3.63) is 29.8 Å². The molecule has 100 valence electrons. The maximum Gasteiger partial charge on any atom is 0.307 e. The summed E-state index contributed by atoms with van der Waals surface area (Å²) in [5, 5.41) is 21.2. The van der Waals surface area contributed by atoms with Crippen molar-refractivity contribution in [2.75, 3.05) is 19.7 Å². The van der Waals surface area contributed by atoms with E-state index in [0.717, 1.165) is 12.1 Å². The molecule has 0 fully saturated rings. The molecular weight excluding hydrogens is 234 g/mol. The number of carboxylic acid groups (broad SMARTS) is 1. The highest BCUT2D eigenvalue weighted by Gasteiger charge is 2.05. The number of hydrogen-bond acceptors (Lipinski definition) is 4. The van der Waals surface area contributed by atoms with Gasteiger partial charge in [-0.1, -0.05) is 19.1 Å². The zero-order valence-electron chi connectivity index (χ0n) is 10.4. The van der Waals surface area contributed by atoms with Gasteiger partial charge in [0.05, 0.1) is 6.42 Å². The number of carbonyl (C=O) groups is 1. The van der Waals surface area contributed by atoms with Crippen LogP contribution in [0, 0.1) is 0 Å². The topological polar surface area (TPSA) is 78.8 Å². The van der Waals surface area contributed by atoms with E-state index in [4.69, 9.17) is 9.84 Å². The van der Waals surface area contributed by atoms with E-state index >= 15 is 0 Å². The number of benzene rings is 1. The van der Waals surface area contributed by atoms with Crippen LogP contribution >= 0.6 is 0 Å². The third-order valence-electron chi connectivity index (χ3n) is 2.35. The van der Waals surface area contributed by atoms with Crippen molar-refractivity contribution in [1.29, 1.82) is 0 Å². The fraction of sp³-hybridized carbons (Fsp3) is 0.462. The Morgan fingerprint density at radius 1 is 1.39 bits per heavy atom. The highest BCUT2D eigenvalue weighted by atomic mass is 16.5. The number of rotatable bonds is 8. The fourth-order valence-corrected chi connectivity index (χ4v) is 1.44. The third kappa shape index (κ3) is 5.65. The van der Waals surface area contributed by atoms with Crippen LogP contribution in [-0.4, -0.2) is 42.0 Å². The second kappa shape index (κ2) is 7.68. The summed E-state index contributed by atoms with van der Waals surface area (Å²) in [6.45, 7) is 3.48. The molecule has 5 heteroatoms. The maximum absolute atomic E-state index is 10.5. The number of ether oxygens (including phenoxy) is 1. The molecular formula is C13H19NO4. The summed E-state index contributed by atoms with van der Waals surface area (Å²) in [6, 6.07) is 6.83. The Morgan fingerprint density at radius 3 is 2.61 bits per heavy atom.